The number of carbonyl (C=O) groups is 1. The van der Waals surface area contributed by atoms with Crippen LogP contribution in [-0.4, -0.2) is 43.7 Å². The summed E-state index contributed by atoms with van der Waals surface area (Å²) in [5, 5.41) is 0. The van der Waals surface area contributed by atoms with Crippen LogP contribution in [0, 0.1) is 11.8 Å². The lowest BCUT2D eigenvalue weighted by Crippen LogP contribution is -2.33. The topological polar surface area (TPSA) is 64.8 Å². The van der Waals surface area contributed by atoms with E-state index in [4.69, 9.17) is 15.2 Å². The standard InChI is InChI=1S/C18H25BrN2O3/c1-3-6-24-17-14(19)7-12(8-16(17)23-2)18(22)21-9-11-4-5-15(20)13(11)10-21/h7-8,11,13,15H,3-6,9-10,20H2,1-2H3. The van der Waals surface area contributed by atoms with Gasteiger partial charge >= 0.3 is 0 Å². The van der Waals surface area contributed by atoms with E-state index in [1.54, 1.807) is 13.2 Å². The Kier molecular flexibility index (Phi) is 5.35. The Balaban J connectivity index is 1.79. The predicted molar refractivity (Wildman–Crippen MR) is 96.6 cm³/mol. The third kappa shape index (κ3) is 3.26. The van der Waals surface area contributed by atoms with Gasteiger partial charge in [-0.25, -0.2) is 0 Å². The summed E-state index contributed by atoms with van der Waals surface area (Å²) in [6.07, 6.45) is 3.12. The molecule has 0 spiro atoms. The Morgan fingerprint density at radius 2 is 2.17 bits per heavy atom. The average molecular weight is 397 g/mol. The zero-order valence-corrected chi connectivity index (χ0v) is 15.8. The number of benzene rings is 1. The molecule has 1 amide bonds. The first-order valence-electron chi connectivity index (χ1n) is 8.60. The highest BCUT2D eigenvalue weighted by molar-refractivity contribution is 9.10. The van der Waals surface area contributed by atoms with E-state index in [-0.39, 0.29) is 11.9 Å². The minimum absolute atomic E-state index is 0.0395. The van der Waals surface area contributed by atoms with Crippen LogP contribution in [0.2, 0.25) is 0 Å². The van der Waals surface area contributed by atoms with E-state index in [1.165, 1.54) is 0 Å². The van der Waals surface area contributed by atoms with Crippen LogP contribution in [0.15, 0.2) is 16.6 Å². The quantitative estimate of drug-likeness (QED) is 0.830. The Morgan fingerprint density at radius 1 is 1.38 bits per heavy atom. The highest BCUT2D eigenvalue weighted by Gasteiger charge is 2.42. The molecule has 0 radical (unpaired) electrons. The largest absolute Gasteiger partial charge is 0.493 e. The number of halogens is 1. The van der Waals surface area contributed by atoms with Crippen LogP contribution in [-0.2, 0) is 0 Å². The Labute approximate surface area is 151 Å². The van der Waals surface area contributed by atoms with E-state index in [0.29, 0.717) is 35.5 Å². The number of amides is 1. The average Bonchev–Trinajstić information content (AvgIpc) is 3.14. The lowest BCUT2D eigenvalue weighted by molar-refractivity contribution is 0.0779. The maximum atomic E-state index is 12.9. The molecule has 2 aliphatic rings. The highest BCUT2D eigenvalue weighted by atomic mass is 79.9. The monoisotopic (exact) mass is 396 g/mol. The summed E-state index contributed by atoms with van der Waals surface area (Å²) in [7, 11) is 1.59. The molecule has 1 aromatic rings. The summed E-state index contributed by atoms with van der Waals surface area (Å²) in [5.41, 5.74) is 6.80. The molecule has 3 unspecified atom stereocenters. The molecular formula is C18H25BrN2O3. The molecule has 3 atom stereocenters. The fourth-order valence-electron chi connectivity index (χ4n) is 3.84. The van der Waals surface area contributed by atoms with Gasteiger partial charge in [0.2, 0.25) is 0 Å². The lowest BCUT2D eigenvalue weighted by Gasteiger charge is -2.20. The van der Waals surface area contributed by atoms with Crippen molar-refractivity contribution < 1.29 is 14.3 Å². The van der Waals surface area contributed by atoms with Crippen LogP contribution in [0.4, 0.5) is 0 Å². The molecule has 0 bridgehead atoms. The molecule has 0 aromatic heterocycles. The molecule has 1 aliphatic heterocycles. The summed E-state index contributed by atoms with van der Waals surface area (Å²) in [6.45, 7) is 4.23. The van der Waals surface area contributed by atoms with Crippen molar-refractivity contribution in [2.24, 2.45) is 17.6 Å². The molecule has 1 saturated heterocycles. The van der Waals surface area contributed by atoms with E-state index >= 15 is 0 Å². The molecule has 3 rings (SSSR count). The SMILES string of the molecule is CCCOc1c(Br)cc(C(=O)N2CC3CCC(N)C3C2)cc1OC. The number of methoxy groups -OCH3 is 1. The van der Waals surface area contributed by atoms with Gasteiger partial charge in [0.05, 0.1) is 18.2 Å². The fourth-order valence-corrected chi connectivity index (χ4v) is 4.40. The Bertz CT molecular complexity index is 623. The van der Waals surface area contributed by atoms with E-state index in [2.05, 4.69) is 15.9 Å². The number of ether oxygens (including phenoxy) is 2. The minimum Gasteiger partial charge on any atom is -0.493 e. The molecule has 6 heteroatoms. The number of likely N-dealkylation sites (tertiary alicyclic amines) is 1. The molecule has 132 valence electrons. The second-order valence-corrected chi connectivity index (χ2v) is 7.57. The van der Waals surface area contributed by atoms with Crippen molar-refractivity contribution in [3.05, 3.63) is 22.2 Å². The molecule has 1 saturated carbocycles. The summed E-state index contributed by atoms with van der Waals surface area (Å²) in [6, 6.07) is 3.83. The van der Waals surface area contributed by atoms with Crippen molar-refractivity contribution in [2.75, 3.05) is 26.8 Å². The van der Waals surface area contributed by atoms with Gasteiger partial charge in [-0.05, 0) is 59.2 Å². The number of carbonyl (C=O) groups excluding carboxylic acids is 1. The molecular weight excluding hydrogens is 372 g/mol. The van der Waals surface area contributed by atoms with Gasteiger partial charge in [0.1, 0.15) is 0 Å². The van der Waals surface area contributed by atoms with Gasteiger partial charge in [-0.1, -0.05) is 6.92 Å². The van der Waals surface area contributed by atoms with Crippen LogP contribution in [0.5, 0.6) is 11.5 Å². The van der Waals surface area contributed by atoms with Crippen LogP contribution < -0.4 is 15.2 Å². The lowest BCUT2D eigenvalue weighted by atomic mass is 9.98. The summed E-state index contributed by atoms with van der Waals surface area (Å²) >= 11 is 3.51. The van der Waals surface area contributed by atoms with Crippen LogP contribution in [0.3, 0.4) is 0 Å². The molecule has 24 heavy (non-hydrogen) atoms. The highest BCUT2D eigenvalue weighted by Crippen LogP contribution is 2.40. The summed E-state index contributed by atoms with van der Waals surface area (Å²) < 4.78 is 11.9. The number of hydrogen-bond acceptors (Lipinski definition) is 4. The van der Waals surface area contributed by atoms with Gasteiger partial charge < -0.3 is 20.1 Å². The van der Waals surface area contributed by atoms with E-state index in [9.17, 15) is 4.79 Å². The Morgan fingerprint density at radius 3 is 2.83 bits per heavy atom. The third-order valence-electron chi connectivity index (χ3n) is 5.13. The van der Waals surface area contributed by atoms with Crippen molar-refractivity contribution in [3.63, 3.8) is 0 Å². The van der Waals surface area contributed by atoms with Crippen LogP contribution in [0.25, 0.3) is 0 Å². The summed E-state index contributed by atoms with van der Waals surface area (Å²) in [4.78, 5) is 14.8. The number of nitrogens with zero attached hydrogens (tertiary/aromatic N) is 1. The second-order valence-electron chi connectivity index (χ2n) is 6.71. The summed E-state index contributed by atoms with van der Waals surface area (Å²) in [5.74, 6) is 2.28. The molecule has 1 aromatic carbocycles. The first-order chi connectivity index (χ1) is 11.5. The van der Waals surface area contributed by atoms with Crippen molar-refractivity contribution >= 4 is 21.8 Å². The zero-order valence-electron chi connectivity index (χ0n) is 14.3. The van der Waals surface area contributed by atoms with E-state index < -0.39 is 0 Å². The molecule has 1 aliphatic carbocycles. The van der Waals surface area contributed by atoms with Crippen molar-refractivity contribution in [2.45, 2.75) is 32.2 Å². The fraction of sp³-hybridized carbons (Fsp3) is 0.611. The smallest absolute Gasteiger partial charge is 0.254 e. The second kappa shape index (κ2) is 7.31. The van der Waals surface area contributed by atoms with Gasteiger partial charge in [-0.15, -0.1) is 0 Å². The number of nitrogens with two attached hydrogens (primary N) is 1. The van der Waals surface area contributed by atoms with Gasteiger partial charge in [-0.3, -0.25) is 4.79 Å². The number of rotatable bonds is 5. The molecule has 1 heterocycles. The molecule has 2 fully saturated rings. The molecule has 2 N–H and O–H groups in total. The number of hydrogen-bond donors (Lipinski definition) is 1. The van der Waals surface area contributed by atoms with E-state index in [0.717, 1.165) is 36.8 Å². The number of fused-ring (bicyclic) bond motifs is 1. The van der Waals surface area contributed by atoms with Crippen molar-refractivity contribution in [1.82, 2.24) is 4.90 Å². The van der Waals surface area contributed by atoms with Gasteiger partial charge in [0.25, 0.3) is 5.91 Å². The van der Waals surface area contributed by atoms with Gasteiger partial charge in [-0.2, -0.15) is 0 Å². The maximum absolute atomic E-state index is 12.9. The van der Waals surface area contributed by atoms with Gasteiger partial charge in [0.15, 0.2) is 11.5 Å². The predicted octanol–water partition coefficient (Wildman–Crippen LogP) is 3.06. The molecule has 5 nitrogen and oxygen atoms in total. The zero-order chi connectivity index (χ0) is 17.3. The Hall–Kier alpha value is -1.27. The van der Waals surface area contributed by atoms with Crippen LogP contribution in [0.1, 0.15) is 36.5 Å². The first kappa shape index (κ1) is 17.5. The van der Waals surface area contributed by atoms with E-state index in [1.807, 2.05) is 17.9 Å². The van der Waals surface area contributed by atoms with Crippen molar-refractivity contribution in [1.29, 1.82) is 0 Å². The third-order valence-corrected chi connectivity index (χ3v) is 5.72. The van der Waals surface area contributed by atoms with Gasteiger partial charge in [0, 0.05) is 24.7 Å². The minimum atomic E-state index is 0.0395. The van der Waals surface area contributed by atoms with Crippen LogP contribution >= 0.6 is 15.9 Å². The first-order valence-corrected chi connectivity index (χ1v) is 9.39. The maximum Gasteiger partial charge on any atom is 0.254 e. The van der Waals surface area contributed by atoms with Crippen molar-refractivity contribution in [3.8, 4) is 11.5 Å². The normalized spacial score (nSPS) is 25.7.